The highest BCUT2D eigenvalue weighted by molar-refractivity contribution is 7.89. The second kappa shape index (κ2) is 9.52. The van der Waals surface area contributed by atoms with Crippen molar-refractivity contribution in [2.24, 2.45) is 0 Å². The lowest BCUT2D eigenvalue weighted by Crippen LogP contribution is -2.30. The maximum atomic E-state index is 12.7. The summed E-state index contributed by atoms with van der Waals surface area (Å²) in [6, 6.07) is 10.5. The highest BCUT2D eigenvalue weighted by atomic mass is 32.2. The van der Waals surface area contributed by atoms with E-state index in [2.05, 4.69) is 0 Å². The minimum Gasteiger partial charge on any atom is -0.490 e. The SMILES string of the molecule is CCCOc1ccccc1Oc1ccc(S(=O)(=O)N(CC)CC)cc1[N+](=O)[O-]. The van der Waals surface area contributed by atoms with Crippen LogP contribution in [0.2, 0.25) is 0 Å². The Morgan fingerprint density at radius 1 is 1.00 bits per heavy atom. The predicted molar refractivity (Wildman–Crippen MR) is 106 cm³/mol. The van der Waals surface area contributed by atoms with Crippen LogP contribution in [0.5, 0.6) is 17.2 Å². The van der Waals surface area contributed by atoms with E-state index in [-0.39, 0.29) is 23.7 Å². The first-order valence-electron chi connectivity index (χ1n) is 9.03. The molecule has 0 spiro atoms. The molecule has 0 bridgehead atoms. The first-order chi connectivity index (χ1) is 13.3. The van der Waals surface area contributed by atoms with E-state index in [4.69, 9.17) is 9.47 Å². The highest BCUT2D eigenvalue weighted by Gasteiger charge is 2.26. The number of nitro groups is 1. The first kappa shape index (κ1) is 21.6. The van der Waals surface area contributed by atoms with Crippen molar-refractivity contribution < 1.29 is 22.8 Å². The Labute approximate surface area is 164 Å². The fraction of sp³-hybridized carbons (Fsp3) is 0.368. The number of sulfonamides is 1. The molecular formula is C19H24N2O6S. The van der Waals surface area contributed by atoms with Gasteiger partial charge in [0.2, 0.25) is 15.8 Å². The third-order valence-electron chi connectivity index (χ3n) is 4.00. The van der Waals surface area contributed by atoms with E-state index >= 15 is 0 Å². The molecule has 0 heterocycles. The van der Waals surface area contributed by atoms with Crippen LogP contribution < -0.4 is 9.47 Å². The van der Waals surface area contributed by atoms with Crippen LogP contribution in [0.25, 0.3) is 0 Å². The molecule has 0 aliphatic carbocycles. The van der Waals surface area contributed by atoms with Gasteiger partial charge in [-0.1, -0.05) is 32.9 Å². The fourth-order valence-electron chi connectivity index (χ4n) is 2.58. The predicted octanol–water partition coefficient (Wildman–Crippen LogP) is 4.21. The van der Waals surface area contributed by atoms with Gasteiger partial charge in [-0.25, -0.2) is 8.42 Å². The highest BCUT2D eigenvalue weighted by Crippen LogP contribution is 2.37. The van der Waals surface area contributed by atoms with E-state index < -0.39 is 20.6 Å². The molecule has 0 radical (unpaired) electrons. The van der Waals surface area contributed by atoms with E-state index in [0.29, 0.717) is 18.1 Å². The van der Waals surface area contributed by atoms with E-state index in [1.165, 1.54) is 16.4 Å². The number of para-hydroxylation sites is 2. The van der Waals surface area contributed by atoms with E-state index in [1.54, 1.807) is 38.1 Å². The Morgan fingerprint density at radius 2 is 1.64 bits per heavy atom. The number of hydrogen-bond donors (Lipinski definition) is 0. The van der Waals surface area contributed by atoms with E-state index in [0.717, 1.165) is 12.5 Å². The molecule has 0 saturated carbocycles. The summed E-state index contributed by atoms with van der Waals surface area (Å²) in [5.74, 6) is 0.716. The van der Waals surface area contributed by atoms with Gasteiger partial charge in [-0.3, -0.25) is 10.1 Å². The molecule has 0 atom stereocenters. The van der Waals surface area contributed by atoms with Crippen LogP contribution in [-0.2, 0) is 10.0 Å². The zero-order valence-corrected chi connectivity index (χ0v) is 16.9. The average molecular weight is 408 g/mol. The minimum atomic E-state index is -3.82. The van der Waals surface area contributed by atoms with Gasteiger partial charge in [-0.2, -0.15) is 4.31 Å². The number of rotatable bonds is 10. The van der Waals surface area contributed by atoms with Gasteiger partial charge >= 0.3 is 5.69 Å². The van der Waals surface area contributed by atoms with Gasteiger partial charge in [0.25, 0.3) is 0 Å². The summed E-state index contributed by atoms with van der Waals surface area (Å²) in [5, 5.41) is 11.5. The molecule has 152 valence electrons. The quantitative estimate of drug-likeness (QED) is 0.431. The van der Waals surface area contributed by atoms with Crippen molar-refractivity contribution in [3.63, 3.8) is 0 Å². The molecule has 0 aliphatic heterocycles. The van der Waals surface area contributed by atoms with Crippen LogP contribution in [0.3, 0.4) is 0 Å². The standard InChI is InChI=1S/C19H24N2O6S/c1-4-13-26-18-9-7-8-10-19(18)27-17-12-11-15(14-16(17)21(22)23)28(24,25)20(5-2)6-3/h7-12,14H,4-6,13H2,1-3H3. The number of hydrogen-bond acceptors (Lipinski definition) is 6. The maximum Gasteiger partial charge on any atom is 0.312 e. The zero-order chi connectivity index (χ0) is 20.7. The van der Waals surface area contributed by atoms with Crippen molar-refractivity contribution in [1.29, 1.82) is 0 Å². The molecule has 2 aromatic carbocycles. The molecule has 0 amide bonds. The molecule has 8 nitrogen and oxygen atoms in total. The van der Waals surface area contributed by atoms with Crippen molar-refractivity contribution in [1.82, 2.24) is 4.31 Å². The molecule has 28 heavy (non-hydrogen) atoms. The van der Waals surface area contributed by atoms with Crippen molar-refractivity contribution in [2.75, 3.05) is 19.7 Å². The number of benzene rings is 2. The fourth-order valence-corrected chi connectivity index (χ4v) is 4.06. The summed E-state index contributed by atoms with van der Waals surface area (Å²) in [5.41, 5.74) is -0.432. The topological polar surface area (TPSA) is 99.0 Å². The van der Waals surface area contributed by atoms with Crippen molar-refractivity contribution in [2.45, 2.75) is 32.1 Å². The number of nitrogens with zero attached hydrogens (tertiary/aromatic N) is 2. The molecule has 0 aromatic heterocycles. The minimum absolute atomic E-state index is 0.0592. The van der Waals surface area contributed by atoms with Gasteiger partial charge in [0, 0.05) is 19.2 Å². The second-order valence-electron chi connectivity index (χ2n) is 5.87. The zero-order valence-electron chi connectivity index (χ0n) is 16.1. The molecular weight excluding hydrogens is 384 g/mol. The molecule has 0 aliphatic rings. The first-order valence-corrected chi connectivity index (χ1v) is 10.5. The summed E-state index contributed by atoms with van der Waals surface area (Å²) < 4.78 is 37.8. The van der Waals surface area contributed by atoms with E-state index in [1.807, 2.05) is 6.92 Å². The van der Waals surface area contributed by atoms with Crippen LogP contribution in [0.15, 0.2) is 47.4 Å². The maximum absolute atomic E-state index is 12.7. The van der Waals surface area contributed by atoms with E-state index in [9.17, 15) is 18.5 Å². The Kier molecular flexibility index (Phi) is 7.36. The number of nitro benzene ring substituents is 1. The van der Waals surface area contributed by atoms with Crippen LogP contribution in [-0.4, -0.2) is 37.3 Å². The molecule has 0 saturated heterocycles. The lowest BCUT2D eigenvalue weighted by atomic mass is 10.3. The third kappa shape index (κ3) is 4.79. The Bertz CT molecular complexity index is 926. The Hall–Kier alpha value is -2.65. The van der Waals surface area contributed by atoms with Gasteiger partial charge in [0.15, 0.2) is 11.5 Å². The summed E-state index contributed by atoms with van der Waals surface area (Å²) in [6.07, 6.45) is 0.798. The number of ether oxygens (including phenoxy) is 2. The van der Waals surface area contributed by atoms with Gasteiger partial charge in [0.1, 0.15) is 0 Å². The molecule has 2 aromatic rings. The van der Waals surface area contributed by atoms with Gasteiger partial charge < -0.3 is 9.47 Å². The Balaban J connectivity index is 2.44. The van der Waals surface area contributed by atoms with Crippen LogP contribution in [0.1, 0.15) is 27.2 Å². The molecule has 0 N–H and O–H groups in total. The smallest absolute Gasteiger partial charge is 0.312 e. The van der Waals surface area contributed by atoms with Crippen molar-refractivity contribution >= 4 is 15.7 Å². The lowest BCUT2D eigenvalue weighted by molar-refractivity contribution is -0.385. The third-order valence-corrected chi connectivity index (χ3v) is 6.05. The second-order valence-corrected chi connectivity index (χ2v) is 7.81. The molecule has 2 rings (SSSR count). The summed E-state index contributed by atoms with van der Waals surface area (Å²) in [7, 11) is -3.82. The largest absolute Gasteiger partial charge is 0.490 e. The Morgan fingerprint density at radius 3 is 2.21 bits per heavy atom. The van der Waals surface area contributed by atoms with Crippen LogP contribution in [0, 0.1) is 10.1 Å². The van der Waals surface area contributed by atoms with Gasteiger partial charge in [0.05, 0.1) is 16.4 Å². The summed E-state index contributed by atoms with van der Waals surface area (Å²) in [4.78, 5) is 10.7. The van der Waals surface area contributed by atoms with Crippen molar-refractivity contribution in [3.05, 3.63) is 52.6 Å². The van der Waals surface area contributed by atoms with Gasteiger partial charge in [-0.15, -0.1) is 0 Å². The average Bonchev–Trinajstić information content (AvgIpc) is 2.68. The normalized spacial score (nSPS) is 11.4. The summed E-state index contributed by atoms with van der Waals surface area (Å²) in [6.45, 7) is 6.40. The van der Waals surface area contributed by atoms with Gasteiger partial charge in [-0.05, 0) is 30.7 Å². The van der Waals surface area contributed by atoms with Crippen LogP contribution in [0.4, 0.5) is 5.69 Å². The summed E-state index contributed by atoms with van der Waals surface area (Å²) >= 11 is 0. The molecule has 0 unspecified atom stereocenters. The molecule has 9 heteroatoms. The molecule has 0 fully saturated rings. The monoisotopic (exact) mass is 408 g/mol. The van der Waals surface area contributed by atoms with Crippen LogP contribution >= 0.6 is 0 Å². The lowest BCUT2D eigenvalue weighted by Gasteiger charge is -2.18. The van der Waals surface area contributed by atoms with Crippen molar-refractivity contribution in [3.8, 4) is 17.2 Å².